The predicted octanol–water partition coefficient (Wildman–Crippen LogP) is 2.19. The largest absolute Gasteiger partial charge is 0.481 e. The van der Waals surface area contributed by atoms with Gasteiger partial charge in [0.15, 0.2) is 5.65 Å². The average molecular weight is 357 g/mol. The molecule has 3 N–H and O–H groups in total. The molecule has 0 unspecified atom stereocenters. The first-order valence-electron chi connectivity index (χ1n) is 7.63. The number of aromatic nitrogens is 4. The van der Waals surface area contributed by atoms with Crippen molar-refractivity contribution in [2.45, 2.75) is 6.54 Å². The zero-order valence-electron chi connectivity index (χ0n) is 13.6. The highest BCUT2D eigenvalue weighted by atomic mass is 19.1. The number of nitrogens with zero attached hydrogens (tertiary/aromatic N) is 3. The first-order valence-corrected chi connectivity index (χ1v) is 7.63. The fourth-order valence-electron chi connectivity index (χ4n) is 2.91. The van der Waals surface area contributed by atoms with Gasteiger partial charge in [-0.2, -0.15) is 4.98 Å². The second-order valence-electron chi connectivity index (χ2n) is 5.72. The van der Waals surface area contributed by atoms with Gasteiger partial charge in [0.25, 0.3) is 0 Å². The Morgan fingerprint density at radius 2 is 2.00 bits per heavy atom. The first kappa shape index (κ1) is 16.0. The molecule has 0 amide bonds. The van der Waals surface area contributed by atoms with E-state index in [2.05, 4.69) is 15.0 Å². The highest BCUT2D eigenvalue weighted by Crippen LogP contribution is 2.24. The van der Waals surface area contributed by atoms with Crippen molar-refractivity contribution >= 4 is 27.8 Å². The summed E-state index contributed by atoms with van der Waals surface area (Å²) in [6, 6.07) is 5.35. The number of nitrogens with one attached hydrogen (secondary N) is 1. The van der Waals surface area contributed by atoms with E-state index in [1.165, 1.54) is 17.9 Å². The van der Waals surface area contributed by atoms with Crippen LogP contribution in [0.1, 0.15) is 5.56 Å². The van der Waals surface area contributed by atoms with Crippen LogP contribution < -0.4 is 16.2 Å². The third kappa shape index (κ3) is 2.44. The van der Waals surface area contributed by atoms with Gasteiger partial charge in [0.05, 0.1) is 30.9 Å². The standard InChI is InChI=1S/C17H13F2N5O2/c1-26-14-3-2-9-15-13(6-21-16(9)23-14)22-17(25)24(15)7-10-11(18)4-8(20)5-12(10)19/h2-6H,7,20H2,1H3,(H,22,25). The monoisotopic (exact) mass is 357 g/mol. The normalized spacial score (nSPS) is 11.3. The first-order chi connectivity index (χ1) is 12.5. The Kier molecular flexibility index (Phi) is 3.57. The molecule has 0 aliphatic rings. The van der Waals surface area contributed by atoms with Gasteiger partial charge in [0.1, 0.15) is 11.6 Å². The molecule has 4 rings (SSSR count). The number of aromatic amines is 1. The molecule has 0 aliphatic heterocycles. The number of anilines is 1. The van der Waals surface area contributed by atoms with E-state index in [0.29, 0.717) is 27.9 Å². The van der Waals surface area contributed by atoms with E-state index < -0.39 is 17.3 Å². The number of imidazole rings is 1. The lowest BCUT2D eigenvalue weighted by molar-refractivity contribution is 0.399. The summed E-state index contributed by atoms with van der Waals surface area (Å²) in [6.07, 6.45) is 1.44. The van der Waals surface area contributed by atoms with E-state index in [9.17, 15) is 13.6 Å². The Labute approximate surface area is 145 Å². The fraction of sp³-hybridized carbons (Fsp3) is 0.118. The number of rotatable bonds is 3. The molecule has 26 heavy (non-hydrogen) atoms. The van der Waals surface area contributed by atoms with E-state index >= 15 is 0 Å². The number of nitrogens with two attached hydrogens (primary N) is 1. The SMILES string of the molecule is COc1ccc2c(ncc3[nH]c(=O)n(Cc4c(F)cc(N)cc4F)c32)n1. The van der Waals surface area contributed by atoms with Crippen LogP contribution in [0.4, 0.5) is 14.5 Å². The van der Waals surface area contributed by atoms with E-state index in [1.54, 1.807) is 12.1 Å². The van der Waals surface area contributed by atoms with Crippen LogP contribution in [0.15, 0.2) is 35.3 Å². The van der Waals surface area contributed by atoms with Crippen LogP contribution in [0, 0.1) is 11.6 Å². The van der Waals surface area contributed by atoms with E-state index in [4.69, 9.17) is 10.5 Å². The Hall–Kier alpha value is -3.49. The van der Waals surface area contributed by atoms with Crippen molar-refractivity contribution in [1.82, 2.24) is 19.5 Å². The predicted molar refractivity (Wildman–Crippen MR) is 92.1 cm³/mol. The third-order valence-corrected chi connectivity index (χ3v) is 4.12. The Morgan fingerprint density at radius 3 is 2.69 bits per heavy atom. The lowest BCUT2D eigenvalue weighted by Crippen LogP contribution is -2.19. The zero-order chi connectivity index (χ0) is 18.4. The molecule has 4 aromatic rings. The van der Waals surface area contributed by atoms with Crippen LogP contribution in [-0.4, -0.2) is 26.6 Å². The smallest absolute Gasteiger partial charge is 0.326 e. The number of hydrogen-bond acceptors (Lipinski definition) is 5. The molecular formula is C17H13F2N5O2. The quantitative estimate of drug-likeness (QED) is 0.548. The molecule has 0 bridgehead atoms. The number of halogens is 2. The van der Waals surface area contributed by atoms with Crippen LogP contribution in [0.2, 0.25) is 0 Å². The highest BCUT2D eigenvalue weighted by molar-refractivity contribution is 6.00. The average Bonchev–Trinajstić information content (AvgIpc) is 2.93. The summed E-state index contributed by atoms with van der Waals surface area (Å²) >= 11 is 0. The van der Waals surface area contributed by atoms with Crippen LogP contribution in [0.5, 0.6) is 5.88 Å². The van der Waals surface area contributed by atoms with Crippen LogP contribution >= 0.6 is 0 Å². The summed E-state index contributed by atoms with van der Waals surface area (Å²) < 4.78 is 34.6. The van der Waals surface area contributed by atoms with Gasteiger partial charge in [0.2, 0.25) is 5.88 Å². The van der Waals surface area contributed by atoms with Crippen molar-refractivity contribution in [3.05, 3.63) is 58.1 Å². The molecule has 0 saturated carbocycles. The number of fused-ring (bicyclic) bond motifs is 3. The fourth-order valence-corrected chi connectivity index (χ4v) is 2.91. The summed E-state index contributed by atoms with van der Waals surface area (Å²) in [5.74, 6) is -1.27. The molecule has 3 heterocycles. The van der Waals surface area contributed by atoms with Gasteiger partial charge in [-0.05, 0) is 18.2 Å². The van der Waals surface area contributed by atoms with Gasteiger partial charge in [-0.3, -0.25) is 4.57 Å². The van der Waals surface area contributed by atoms with Crippen molar-refractivity contribution in [2.75, 3.05) is 12.8 Å². The Balaban J connectivity index is 1.97. The molecule has 9 heteroatoms. The maximum absolute atomic E-state index is 14.2. The highest BCUT2D eigenvalue weighted by Gasteiger charge is 2.17. The summed E-state index contributed by atoms with van der Waals surface area (Å²) in [4.78, 5) is 23.4. The van der Waals surface area contributed by atoms with Gasteiger partial charge in [-0.15, -0.1) is 0 Å². The van der Waals surface area contributed by atoms with Gasteiger partial charge in [0, 0.05) is 22.7 Å². The second kappa shape index (κ2) is 5.80. The molecule has 7 nitrogen and oxygen atoms in total. The van der Waals surface area contributed by atoms with E-state index in [-0.39, 0.29) is 17.8 Å². The molecule has 0 radical (unpaired) electrons. The van der Waals surface area contributed by atoms with Crippen molar-refractivity contribution in [3.8, 4) is 5.88 Å². The third-order valence-electron chi connectivity index (χ3n) is 4.12. The number of H-pyrrole nitrogens is 1. The molecular weight excluding hydrogens is 344 g/mol. The number of methoxy groups -OCH3 is 1. The summed E-state index contributed by atoms with van der Waals surface area (Å²) in [5.41, 5.74) is 5.88. The van der Waals surface area contributed by atoms with Gasteiger partial charge >= 0.3 is 5.69 Å². The molecule has 3 aromatic heterocycles. The Bertz CT molecular complexity index is 1190. The van der Waals surface area contributed by atoms with Gasteiger partial charge in [-0.1, -0.05) is 0 Å². The molecule has 0 fully saturated rings. The zero-order valence-corrected chi connectivity index (χ0v) is 13.6. The van der Waals surface area contributed by atoms with Crippen molar-refractivity contribution in [3.63, 3.8) is 0 Å². The minimum Gasteiger partial charge on any atom is -0.481 e. The number of benzene rings is 1. The van der Waals surface area contributed by atoms with Crippen LogP contribution in [0.25, 0.3) is 22.1 Å². The molecule has 0 atom stereocenters. The lowest BCUT2D eigenvalue weighted by Gasteiger charge is -2.09. The van der Waals surface area contributed by atoms with Gasteiger partial charge < -0.3 is 15.5 Å². The second-order valence-corrected chi connectivity index (χ2v) is 5.72. The lowest BCUT2D eigenvalue weighted by atomic mass is 10.1. The molecule has 0 spiro atoms. The van der Waals surface area contributed by atoms with E-state index in [0.717, 1.165) is 12.1 Å². The molecule has 0 aliphatic carbocycles. The maximum Gasteiger partial charge on any atom is 0.326 e. The Morgan fingerprint density at radius 1 is 1.27 bits per heavy atom. The topological polar surface area (TPSA) is 98.8 Å². The van der Waals surface area contributed by atoms with Crippen molar-refractivity contribution in [2.24, 2.45) is 0 Å². The number of nitrogen functional groups attached to an aromatic ring is 1. The van der Waals surface area contributed by atoms with Gasteiger partial charge in [-0.25, -0.2) is 18.6 Å². The summed E-state index contributed by atoms with van der Waals surface area (Å²) in [6.45, 7) is -0.304. The van der Waals surface area contributed by atoms with Crippen LogP contribution in [0.3, 0.4) is 0 Å². The van der Waals surface area contributed by atoms with Crippen molar-refractivity contribution in [1.29, 1.82) is 0 Å². The number of hydrogen-bond donors (Lipinski definition) is 2. The number of ether oxygens (including phenoxy) is 1. The minimum absolute atomic E-state index is 0.0269. The molecule has 0 saturated heterocycles. The maximum atomic E-state index is 14.2. The molecule has 1 aromatic carbocycles. The summed E-state index contributed by atoms with van der Waals surface area (Å²) in [7, 11) is 1.48. The minimum atomic E-state index is -0.818. The van der Waals surface area contributed by atoms with E-state index in [1.807, 2.05) is 0 Å². The summed E-state index contributed by atoms with van der Waals surface area (Å²) in [5, 5.41) is 0.554. The molecule has 132 valence electrons. The number of pyridine rings is 2. The van der Waals surface area contributed by atoms with Crippen molar-refractivity contribution < 1.29 is 13.5 Å². The van der Waals surface area contributed by atoms with Crippen LogP contribution in [-0.2, 0) is 6.54 Å².